The minimum Gasteiger partial charge on any atom is -0.441 e. The maximum Gasteiger partial charge on any atom is 0.410 e. The largest absolute Gasteiger partial charge is 0.441 e. The van der Waals surface area contributed by atoms with E-state index in [1.807, 2.05) is 4.90 Å². The summed E-state index contributed by atoms with van der Waals surface area (Å²) in [6.07, 6.45) is 5.45. The van der Waals surface area contributed by atoms with Gasteiger partial charge in [0.05, 0.1) is 19.8 Å². The first-order valence-corrected chi connectivity index (χ1v) is 11.7. The number of amides is 1. The van der Waals surface area contributed by atoms with E-state index in [4.69, 9.17) is 9.47 Å². The summed E-state index contributed by atoms with van der Waals surface area (Å²) in [5.41, 5.74) is 4.65. The number of nitrogens with zero attached hydrogens (tertiary/aromatic N) is 2. The summed E-state index contributed by atoms with van der Waals surface area (Å²) in [5.74, 6) is 0. The summed E-state index contributed by atoms with van der Waals surface area (Å²) in [4.78, 5) is 16.8. The molecule has 2 aromatic carbocycles. The van der Waals surface area contributed by atoms with Crippen LogP contribution in [0.1, 0.15) is 43.2 Å². The Morgan fingerprint density at radius 3 is 2.39 bits per heavy atom. The van der Waals surface area contributed by atoms with Crippen molar-refractivity contribution in [2.24, 2.45) is 0 Å². The molecular weight excluding hydrogens is 388 g/mol. The van der Waals surface area contributed by atoms with Crippen LogP contribution in [0.25, 0.3) is 11.1 Å². The normalized spacial score (nSPS) is 21.4. The number of hydrogen-bond donors (Lipinski definition) is 0. The molecule has 0 aromatic heterocycles. The Hall–Kier alpha value is -2.37. The molecule has 2 aromatic rings. The van der Waals surface area contributed by atoms with E-state index in [0.29, 0.717) is 6.54 Å². The Balaban J connectivity index is 1.24. The van der Waals surface area contributed by atoms with Gasteiger partial charge in [-0.25, -0.2) is 4.79 Å². The number of benzene rings is 2. The molecule has 5 rings (SSSR count). The van der Waals surface area contributed by atoms with Crippen molar-refractivity contribution in [1.82, 2.24) is 9.80 Å². The van der Waals surface area contributed by atoms with Crippen molar-refractivity contribution in [1.29, 1.82) is 0 Å². The highest BCUT2D eigenvalue weighted by molar-refractivity contribution is 5.71. The second-order valence-electron chi connectivity index (χ2n) is 9.25. The van der Waals surface area contributed by atoms with Crippen molar-refractivity contribution in [3.63, 3.8) is 0 Å². The fraction of sp³-hybridized carbons (Fsp3) is 0.500. The maximum atomic E-state index is 12.5. The fourth-order valence-corrected chi connectivity index (χ4v) is 5.16. The molecule has 3 fully saturated rings. The second-order valence-corrected chi connectivity index (χ2v) is 9.25. The van der Waals surface area contributed by atoms with Gasteiger partial charge in [-0.15, -0.1) is 0 Å². The second kappa shape index (κ2) is 9.01. The summed E-state index contributed by atoms with van der Waals surface area (Å²) in [7, 11) is 0. The Labute approximate surface area is 184 Å². The molecule has 31 heavy (non-hydrogen) atoms. The van der Waals surface area contributed by atoms with E-state index in [1.165, 1.54) is 23.1 Å². The minimum absolute atomic E-state index is 0.153. The molecule has 5 heteroatoms. The predicted octanol–water partition coefficient (Wildman–Crippen LogP) is 4.84. The van der Waals surface area contributed by atoms with Crippen LogP contribution in [0.4, 0.5) is 4.79 Å². The van der Waals surface area contributed by atoms with Gasteiger partial charge in [-0.3, -0.25) is 9.80 Å². The average Bonchev–Trinajstić information content (AvgIpc) is 3.09. The van der Waals surface area contributed by atoms with Crippen LogP contribution >= 0.6 is 0 Å². The van der Waals surface area contributed by atoms with Gasteiger partial charge in [-0.1, -0.05) is 48.9 Å². The quantitative estimate of drug-likeness (QED) is 0.694. The third-order valence-corrected chi connectivity index (χ3v) is 6.90. The van der Waals surface area contributed by atoms with E-state index in [1.54, 1.807) is 0 Å². The van der Waals surface area contributed by atoms with Crippen molar-refractivity contribution in [3.8, 4) is 11.1 Å². The van der Waals surface area contributed by atoms with Crippen LogP contribution in [0.2, 0.25) is 0 Å². The lowest BCUT2D eigenvalue weighted by Crippen LogP contribution is -2.36. The highest BCUT2D eigenvalue weighted by Gasteiger charge is 2.45. The molecule has 1 spiro atoms. The monoisotopic (exact) mass is 420 g/mol. The fourth-order valence-electron chi connectivity index (χ4n) is 5.16. The minimum atomic E-state index is -0.233. The summed E-state index contributed by atoms with van der Waals surface area (Å²) >= 11 is 0. The Morgan fingerprint density at radius 2 is 1.61 bits per heavy atom. The van der Waals surface area contributed by atoms with E-state index in [9.17, 15) is 4.79 Å². The number of carbonyl (C=O) groups excluding carboxylic acids is 1. The van der Waals surface area contributed by atoms with Gasteiger partial charge in [0.25, 0.3) is 0 Å². The zero-order valence-corrected chi connectivity index (χ0v) is 18.2. The first kappa shape index (κ1) is 20.5. The molecule has 164 valence electrons. The van der Waals surface area contributed by atoms with E-state index < -0.39 is 0 Å². The topological polar surface area (TPSA) is 42.0 Å². The molecule has 2 saturated heterocycles. The highest BCUT2D eigenvalue weighted by atomic mass is 16.6. The molecule has 2 aliphatic heterocycles. The third kappa shape index (κ3) is 4.78. The molecule has 1 saturated carbocycles. The number of morpholine rings is 1. The van der Waals surface area contributed by atoms with Crippen LogP contribution in [0.3, 0.4) is 0 Å². The zero-order chi connectivity index (χ0) is 21.1. The molecular formula is C26H32N2O3. The van der Waals surface area contributed by atoms with Crippen LogP contribution in [-0.4, -0.2) is 54.3 Å². The van der Waals surface area contributed by atoms with Crippen LogP contribution in [0, 0.1) is 0 Å². The van der Waals surface area contributed by atoms with Gasteiger partial charge < -0.3 is 9.47 Å². The smallest absolute Gasteiger partial charge is 0.410 e. The number of ether oxygens (including phenoxy) is 2. The van der Waals surface area contributed by atoms with E-state index >= 15 is 0 Å². The molecule has 0 N–H and O–H groups in total. The SMILES string of the molecule is O=C1OC2(CCCCC2)CN1Cc1cccc(-c2ccc(CN3CCOCC3)cc2)c1. The lowest BCUT2D eigenvalue weighted by Gasteiger charge is -2.30. The first-order valence-electron chi connectivity index (χ1n) is 11.7. The zero-order valence-electron chi connectivity index (χ0n) is 18.2. The summed E-state index contributed by atoms with van der Waals surface area (Å²) in [5, 5.41) is 0. The van der Waals surface area contributed by atoms with E-state index in [2.05, 4.69) is 53.4 Å². The standard InChI is InChI=1S/C26H32N2O3/c29-25-28(20-26(31-25)11-2-1-3-12-26)19-22-5-4-6-24(17-22)23-9-7-21(8-10-23)18-27-13-15-30-16-14-27/h4-10,17H,1-3,11-16,18-20H2. The number of rotatable bonds is 5. The molecule has 1 aliphatic carbocycles. The number of hydrogen-bond acceptors (Lipinski definition) is 4. The number of carbonyl (C=O) groups is 1. The first-order chi connectivity index (χ1) is 15.2. The maximum absolute atomic E-state index is 12.5. The van der Waals surface area contributed by atoms with Gasteiger partial charge >= 0.3 is 6.09 Å². The third-order valence-electron chi connectivity index (χ3n) is 6.90. The molecule has 2 heterocycles. The summed E-state index contributed by atoms with van der Waals surface area (Å²) < 4.78 is 11.3. The lowest BCUT2D eigenvalue weighted by atomic mass is 9.85. The van der Waals surface area contributed by atoms with Gasteiger partial charge in [-0.2, -0.15) is 0 Å². The van der Waals surface area contributed by atoms with Crippen LogP contribution < -0.4 is 0 Å². The summed E-state index contributed by atoms with van der Waals surface area (Å²) in [6.45, 7) is 5.99. The summed E-state index contributed by atoms with van der Waals surface area (Å²) in [6, 6.07) is 17.4. The van der Waals surface area contributed by atoms with Crippen molar-refractivity contribution in [3.05, 3.63) is 59.7 Å². The molecule has 0 bridgehead atoms. The molecule has 5 nitrogen and oxygen atoms in total. The molecule has 3 aliphatic rings. The molecule has 1 amide bonds. The van der Waals surface area contributed by atoms with Crippen LogP contribution in [0.15, 0.2) is 48.5 Å². The van der Waals surface area contributed by atoms with Crippen molar-refractivity contribution in [2.45, 2.75) is 50.8 Å². The van der Waals surface area contributed by atoms with Crippen LogP contribution in [0.5, 0.6) is 0 Å². The highest BCUT2D eigenvalue weighted by Crippen LogP contribution is 2.37. The Kier molecular flexibility index (Phi) is 5.97. The molecule has 0 atom stereocenters. The van der Waals surface area contributed by atoms with Gasteiger partial charge in [0, 0.05) is 26.2 Å². The van der Waals surface area contributed by atoms with Gasteiger partial charge in [-0.05, 0) is 54.0 Å². The van der Waals surface area contributed by atoms with E-state index in [-0.39, 0.29) is 11.7 Å². The Morgan fingerprint density at radius 1 is 0.839 bits per heavy atom. The lowest BCUT2D eigenvalue weighted by molar-refractivity contribution is 0.0260. The van der Waals surface area contributed by atoms with Crippen molar-refractivity contribution >= 4 is 6.09 Å². The predicted molar refractivity (Wildman–Crippen MR) is 121 cm³/mol. The van der Waals surface area contributed by atoms with Crippen molar-refractivity contribution < 1.29 is 14.3 Å². The van der Waals surface area contributed by atoms with Gasteiger partial charge in [0.1, 0.15) is 5.60 Å². The Bertz CT molecular complexity index is 899. The molecule has 0 radical (unpaired) electrons. The van der Waals surface area contributed by atoms with E-state index in [0.717, 1.165) is 70.6 Å². The van der Waals surface area contributed by atoms with Crippen molar-refractivity contribution in [2.75, 3.05) is 32.8 Å². The molecule has 0 unspecified atom stereocenters. The van der Waals surface area contributed by atoms with Gasteiger partial charge in [0.15, 0.2) is 0 Å². The van der Waals surface area contributed by atoms with Crippen LogP contribution in [-0.2, 0) is 22.6 Å². The van der Waals surface area contributed by atoms with Gasteiger partial charge in [0.2, 0.25) is 0 Å². The average molecular weight is 421 g/mol.